The Hall–Kier alpha value is -2.08. The standard InChI is InChI=1S/C15H12BrFN2O2/c1-20-11-5-3-4-9(17)12(11)10-6-8-7-18-15(21-2)13(16)14(8)19-10/h3-7,19H,1-2H3. The smallest absolute Gasteiger partial charge is 0.229 e. The molecule has 0 saturated carbocycles. The number of aromatic nitrogens is 2. The van der Waals surface area contributed by atoms with Crippen molar-refractivity contribution in [1.29, 1.82) is 0 Å². The topological polar surface area (TPSA) is 47.1 Å². The second-order valence-electron chi connectivity index (χ2n) is 4.41. The van der Waals surface area contributed by atoms with Crippen molar-refractivity contribution in [2.24, 2.45) is 0 Å². The van der Waals surface area contributed by atoms with E-state index in [9.17, 15) is 4.39 Å². The van der Waals surface area contributed by atoms with E-state index in [1.807, 2.05) is 6.07 Å². The number of methoxy groups -OCH3 is 2. The van der Waals surface area contributed by atoms with Crippen molar-refractivity contribution >= 4 is 26.8 Å². The fraction of sp³-hybridized carbons (Fsp3) is 0.133. The van der Waals surface area contributed by atoms with Crippen molar-refractivity contribution < 1.29 is 13.9 Å². The van der Waals surface area contributed by atoms with Crippen LogP contribution in [0, 0.1) is 5.82 Å². The molecule has 6 heteroatoms. The minimum absolute atomic E-state index is 0.350. The Balaban J connectivity index is 2.25. The van der Waals surface area contributed by atoms with Crippen LogP contribution in [0.3, 0.4) is 0 Å². The number of H-pyrrole nitrogens is 1. The van der Waals surface area contributed by atoms with Crippen molar-refractivity contribution in [3.05, 3.63) is 40.8 Å². The molecule has 21 heavy (non-hydrogen) atoms. The molecule has 0 aliphatic rings. The summed E-state index contributed by atoms with van der Waals surface area (Å²) in [6.07, 6.45) is 1.67. The van der Waals surface area contributed by atoms with Gasteiger partial charge < -0.3 is 14.5 Å². The van der Waals surface area contributed by atoms with Gasteiger partial charge in [-0.15, -0.1) is 0 Å². The molecule has 4 nitrogen and oxygen atoms in total. The molecule has 2 heterocycles. The first-order valence-electron chi connectivity index (χ1n) is 6.19. The Morgan fingerprint density at radius 2 is 2.05 bits per heavy atom. The Kier molecular flexibility index (Phi) is 3.55. The van der Waals surface area contributed by atoms with Gasteiger partial charge in [0.05, 0.1) is 31.0 Å². The number of benzene rings is 1. The molecule has 0 aliphatic carbocycles. The summed E-state index contributed by atoms with van der Waals surface area (Å²) >= 11 is 3.44. The third-order valence-electron chi connectivity index (χ3n) is 3.23. The Morgan fingerprint density at radius 3 is 2.76 bits per heavy atom. The highest BCUT2D eigenvalue weighted by molar-refractivity contribution is 9.10. The van der Waals surface area contributed by atoms with Crippen molar-refractivity contribution in [2.75, 3.05) is 14.2 Å². The number of nitrogens with one attached hydrogen (secondary N) is 1. The summed E-state index contributed by atoms with van der Waals surface area (Å²) in [6, 6.07) is 6.56. The van der Waals surface area contributed by atoms with Crippen molar-refractivity contribution in [2.45, 2.75) is 0 Å². The van der Waals surface area contributed by atoms with Gasteiger partial charge in [0.2, 0.25) is 5.88 Å². The second-order valence-corrected chi connectivity index (χ2v) is 5.20. The van der Waals surface area contributed by atoms with Crippen molar-refractivity contribution in [1.82, 2.24) is 9.97 Å². The SMILES string of the molecule is COc1cccc(F)c1-c1cc2cnc(OC)c(Br)c2[nH]1. The fourth-order valence-electron chi connectivity index (χ4n) is 2.26. The van der Waals surface area contributed by atoms with Crippen LogP contribution in [0.1, 0.15) is 0 Å². The molecule has 0 aliphatic heterocycles. The summed E-state index contributed by atoms with van der Waals surface area (Å²) in [5.41, 5.74) is 1.81. The van der Waals surface area contributed by atoms with E-state index in [4.69, 9.17) is 9.47 Å². The Labute approximate surface area is 129 Å². The normalized spacial score (nSPS) is 10.9. The lowest BCUT2D eigenvalue weighted by molar-refractivity contribution is 0.396. The van der Waals surface area contributed by atoms with E-state index in [0.29, 0.717) is 27.4 Å². The number of rotatable bonds is 3. The molecule has 0 bridgehead atoms. The zero-order chi connectivity index (χ0) is 15.0. The number of hydrogen-bond acceptors (Lipinski definition) is 3. The van der Waals surface area contributed by atoms with E-state index in [0.717, 1.165) is 10.9 Å². The van der Waals surface area contributed by atoms with Gasteiger partial charge in [0.25, 0.3) is 0 Å². The molecule has 108 valence electrons. The van der Waals surface area contributed by atoms with Gasteiger partial charge in [-0.1, -0.05) is 6.07 Å². The van der Waals surface area contributed by atoms with Gasteiger partial charge in [-0.25, -0.2) is 9.37 Å². The highest BCUT2D eigenvalue weighted by atomic mass is 79.9. The minimum Gasteiger partial charge on any atom is -0.496 e. The van der Waals surface area contributed by atoms with Gasteiger partial charge in [0, 0.05) is 11.6 Å². The van der Waals surface area contributed by atoms with Crippen molar-refractivity contribution in [3.63, 3.8) is 0 Å². The van der Waals surface area contributed by atoms with Gasteiger partial charge >= 0.3 is 0 Å². The number of ether oxygens (including phenoxy) is 2. The third kappa shape index (κ3) is 2.25. The van der Waals surface area contributed by atoms with E-state index in [-0.39, 0.29) is 5.82 Å². The summed E-state index contributed by atoms with van der Waals surface area (Å²) < 4.78 is 25.2. The van der Waals surface area contributed by atoms with Crippen LogP contribution in [-0.2, 0) is 0 Å². The van der Waals surface area contributed by atoms with Gasteiger partial charge in [0.15, 0.2) is 0 Å². The molecule has 0 radical (unpaired) electrons. The predicted molar refractivity (Wildman–Crippen MR) is 82.3 cm³/mol. The third-order valence-corrected chi connectivity index (χ3v) is 3.97. The van der Waals surface area contributed by atoms with Gasteiger partial charge in [-0.3, -0.25) is 0 Å². The van der Waals surface area contributed by atoms with Gasteiger partial charge in [0.1, 0.15) is 16.0 Å². The van der Waals surface area contributed by atoms with Crippen LogP contribution in [0.25, 0.3) is 22.2 Å². The Bertz CT molecular complexity index is 817. The Morgan fingerprint density at radius 1 is 1.24 bits per heavy atom. The van der Waals surface area contributed by atoms with Crippen LogP contribution in [0.2, 0.25) is 0 Å². The molecule has 3 rings (SSSR count). The summed E-state index contributed by atoms with van der Waals surface area (Å²) in [6.45, 7) is 0. The molecule has 1 aromatic carbocycles. The van der Waals surface area contributed by atoms with Gasteiger partial charge in [-0.05, 0) is 34.1 Å². The van der Waals surface area contributed by atoms with Gasteiger partial charge in [-0.2, -0.15) is 0 Å². The second kappa shape index (κ2) is 5.37. The average molecular weight is 351 g/mol. The quantitative estimate of drug-likeness (QED) is 0.771. The molecule has 0 fully saturated rings. The molecule has 2 aromatic heterocycles. The van der Waals surface area contributed by atoms with Crippen LogP contribution < -0.4 is 9.47 Å². The largest absolute Gasteiger partial charge is 0.496 e. The van der Waals surface area contributed by atoms with E-state index in [1.165, 1.54) is 13.2 Å². The van der Waals surface area contributed by atoms with Crippen molar-refractivity contribution in [3.8, 4) is 22.9 Å². The summed E-state index contributed by atoms with van der Waals surface area (Å²) in [5, 5.41) is 0.850. The number of hydrogen-bond donors (Lipinski definition) is 1. The van der Waals surface area contributed by atoms with E-state index in [1.54, 1.807) is 25.4 Å². The van der Waals surface area contributed by atoms with Crippen LogP contribution in [0.4, 0.5) is 4.39 Å². The highest BCUT2D eigenvalue weighted by Crippen LogP contribution is 2.37. The number of halogens is 2. The summed E-state index contributed by atoms with van der Waals surface area (Å²) in [7, 11) is 3.06. The molecule has 0 atom stereocenters. The predicted octanol–water partition coefficient (Wildman–Crippen LogP) is 4.15. The number of fused-ring (bicyclic) bond motifs is 1. The first-order chi connectivity index (χ1) is 10.2. The lowest BCUT2D eigenvalue weighted by Gasteiger charge is -2.07. The maximum Gasteiger partial charge on any atom is 0.229 e. The molecule has 0 unspecified atom stereocenters. The maximum atomic E-state index is 14.1. The van der Waals surface area contributed by atoms with Crippen LogP contribution in [-0.4, -0.2) is 24.2 Å². The molecular weight excluding hydrogens is 339 g/mol. The van der Waals surface area contributed by atoms with E-state index < -0.39 is 0 Å². The zero-order valence-electron chi connectivity index (χ0n) is 11.4. The molecule has 0 saturated heterocycles. The number of nitrogens with zero attached hydrogens (tertiary/aromatic N) is 1. The highest BCUT2D eigenvalue weighted by Gasteiger charge is 2.16. The van der Waals surface area contributed by atoms with E-state index >= 15 is 0 Å². The average Bonchev–Trinajstić information content (AvgIpc) is 2.91. The zero-order valence-corrected chi connectivity index (χ0v) is 13.0. The monoisotopic (exact) mass is 350 g/mol. The summed E-state index contributed by atoms with van der Waals surface area (Å²) in [4.78, 5) is 7.37. The lowest BCUT2D eigenvalue weighted by Crippen LogP contribution is -1.91. The minimum atomic E-state index is -0.350. The molecule has 0 spiro atoms. The number of pyridine rings is 1. The molecular formula is C15H12BrFN2O2. The first kappa shape index (κ1) is 13.9. The summed E-state index contributed by atoms with van der Waals surface area (Å²) in [5.74, 6) is 0.589. The van der Waals surface area contributed by atoms with Crippen LogP contribution >= 0.6 is 15.9 Å². The molecule has 1 N–H and O–H groups in total. The fourth-order valence-corrected chi connectivity index (χ4v) is 2.85. The molecule has 3 aromatic rings. The number of aromatic amines is 1. The lowest BCUT2D eigenvalue weighted by atomic mass is 10.1. The molecule has 0 amide bonds. The maximum absolute atomic E-state index is 14.1. The van der Waals surface area contributed by atoms with Crippen LogP contribution in [0.5, 0.6) is 11.6 Å². The van der Waals surface area contributed by atoms with Crippen LogP contribution in [0.15, 0.2) is 34.9 Å². The van der Waals surface area contributed by atoms with E-state index in [2.05, 4.69) is 25.9 Å². The first-order valence-corrected chi connectivity index (χ1v) is 6.99.